The summed E-state index contributed by atoms with van der Waals surface area (Å²) in [6, 6.07) is 12.5. The van der Waals surface area contributed by atoms with Crippen LogP contribution in [-0.2, 0) is 11.2 Å². The van der Waals surface area contributed by atoms with Crippen LogP contribution >= 0.6 is 0 Å². The van der Waals surface area contributed by atoms with Gasteiger partial charge in [-0.05, 0) is 37.3 Å². The van der Waals surface area contributed by atoms with E-state index in [-0.39, 0.29) is 5.91 Å². The maximum absolute atomic E-state index is 12.7. The van der Waals surface area contributed by atoms with Gasteiger partial charge in [-0.25, -0.2) is 9.97 Å². The minimum Gasteiger partial charge on any atom is -0.357 e. The lowest BCUT2D eigenvalue weighted by Crippen LogP contribution is -2.49. The van der Waals surface area contributed by atoms with Crippen LogP contribution in [0.1, 0.15) is 25.3 Å². The van der Waals surface area contributed by atoms with Crippen molar-refractivity contribution in [2.45, 2.75) is 26.2 Å². The normalized spacial score (nSPS) is 19.1. The molecule has 1 N–H and O–H groups in total. The molecule has 3 heterocycles. The molecule has 8 nitrogen and oxygen atoms in total. The van der Waals surface area contributed by atoms with Gasteiger partial charge < -0.3 is 20.0 Å². The van der Waals surface area contributed by atoms with Crippen LogP contribution in [0.25, 0.3) is 0 Å². The third kappa shape index (κ3) is 6.43. The first-order valence-electron chi connectivity index (χ1n) is 12.1. The second-order valence-corrected chi connectivity index (χ2v) is 8.69. The van der Waals surface area contributed by atoms with Crippen LogP contribution in [0.4, 0.5) is 5.95 Å². The molecule has 2 aliphatic rings. The van der Waals surface area contributed by atoms with Gasteiger partial charge in [-0.1, -0.05) is 30.3 Å². The number of carbonyl (C=O) groups is 1. The van der Waals surface area contributed by atoms with Crippen LogP contribution in [0.5, 0.6) is 0 Å². The van der Waals surface area contributed by atoms with E-state index in [0.717, 1.165) is 51.1 Å². The smallest absolute Gasteiger partial charge is 0.225 e. The fraction of sp³-hybridized carbons (Fsp3) is 0.520. The number of piperazine rings is 1. The number of nitrogens with one attached hydrogen (secondary N) is 1. The number of hydrogen-bond donors (Lipinski definition) is 1. The number of carbonyl (C=O) groups excluding carboxylic acids is 1. The van der Waals surface area contributed by atoms with E-state index in [1.54, 1.807) is 12.4 Å². The number of likely N-dealkylation sites (tertiary alicyclic amines) is 1. The Kier molecular flexibility index (Phi) is 8.11. The summed E-state index contributed by atoms with van der Waals surface area (Å²) < 4.78 is 0. The number of amides is 1. The Balaban J connectivity index is 1.23. The van der Waals surface area contributed by atoms with Crippen LogP contribution in [-0.4, -0.2) is 84.0 Å². The molecule has 1 unspecified atom stereocenters. The van der Waals surface area contributed by atoms with Crippen molar-refractivity contribution < 1.29 is 4.79 Å². The number of nitrogens with zero attached hydrogens (tertiary/aromatic N) is 6. The molecule has 4 rings (SSSR count). The molecule has 0 spiro atoms. The summed E-state index contributed by atoms with van der Waals surface area (Å²) in [6.07, 6.45) is 6.23. The zero-order valence-electron chi connectivity index (χ0n) is 19.6. The molecular formula is C25H35N7O. The summed E-state index contributed by atoms with van der Waals surface area (Å²) in [5.41, 5.74) is 1.40. The average molecular weight is 450 g/mol. The molecule has 2 aliphatic heterocycles. The van der Waals surface area contributed by atoms with Gasteiger partial charge in [0.2, 0.25) is 11.9 Å². The lowest BCUT2D eigenvalue weighted by Gasteiger charge is -2.34. The predicted octanol–water partition coefficient (Wildman–Crippen LogP) is 2.05. The van der Waals surface area contributed by atoms with Gasteiger partial charge in [0.15, 0.2) is 5.96 Å². The standard InChI is InChI=1S/C25H35N7O/c1-2-26-24(32-14-10-22(20-32)19-21-7-4-3-5-8-21)29-13-9-23(33)30-15-17-31(18-16-30)25-27-11-6-12-28-25/h3-8,11-12,22H,2,9-10,13-20H2,1H3,(H,26,29). The fourth-order valence-electron chi connectivity index (χ4n) is 4.59. The highest BCUT2D eigenvalue weighted by Crippen LogP contribution is 2.21. The third-order valence-corrected chi connectivity index (χ3v) is 6.34. The lowest BCUT2D eigenvalue weighted by molar-refractivity contribution is -0.131. The zero-order chi connectivity index (χ0) is 22.9. The Labute approximate surface area is 196 Å². The molecule has 1 atom stereocenters. The first-order valence-corrected chi connectivity index (χ1v) is 12.1. The van der Waals surface area contributed by atoms with Crippen LogP contribution in [0.2, 0.25) is 0 Å². The van der Waals surface area contributed by atoms with Gasteiger partial charge >= 0.3 is 0 Å². The van der Waals surface area contributed by atoms with Crippen molar-refractivity contribution in [2.75, 3.05) is 57.3 Å². The summed E-state index contributed by atoms with van der Waals surface area (Å²) in [5.74, 6) is 2.49. The number of anilines is 1. The molecule has 0 radical (unpaired) electrons. The first kappa shape index (κ1) is 23.0. The number of aromatic nitrogens is 2. The van der Waals surface area contributed by atoms with E-state index in [4.69, 9.17) is 4.99 Å². The van der Waals surface area contributed by atoms with E-state index in [2.05, 4.69) is 62.3 Å². The van der Waals surface area contributed by atoms with Crippen molar-refractivity contribution in [3.05, 3.63) is 54.4 Å². The Bertz CT molecular complexity index is 897. The van der Waals surface area contributed by atoms with Gasteiger partial charge in [-0.15, -0.1) is 0 Å². The number of hydrogen-bond acceptors (Lipinski definition) is 5. The van der Waals surface area contributed by atoms with Crippen LogP contribution < -0.4 is 10.2 Å². The number of aliphatic imine (C=N–C) groups is 1. The summed E-state index contributed by atoms with van der Waals surface area (Å²) >= 11 is 0. The van der Waals surface area contributed by atoms with Crippen molar-refractivity contribution >= 4 is 17.8 Å². The second kappa shape index (κ2) is 11.6. The SMILES string of the molecule is CCNC(=NCCC(=O)N1CCN(c2ncccn2)CC1)N1CCC(Cc2ccccc2)C1. The summed E-state index contributed by atoms with van der Waals surface area (Å²) in [7, 11) is 0. The molecule has 8 heteroatoms. The van der Waals surface area contributed by atoms with E-state index < -0.39 is 0 Å². The quantitative estimate of drug-likeness (QED) is 0.515. The van der Waals surface area contributed by atoms with Gasteiger partial charge in [-0.2, -0.15) is 0 Å². The molecule has 1 aromatic heterocycles. The first-order chi connectivity index (χ1) is 16.2. The van der Waals surface area contributed by atoms with Crippen molar-refractivity contribution in [2.24, 2.45) is 10.9 Å². The van der Waals surface area contributed by atoms with Gasteiger partial charge in [0.25, 0.3) is 0 Å². The van der Waals surface area contributed by atoms with E-state index >= 15 is 0 Å². The van der Waals surface area contributed by atoms with Crippen molar-refractivity contribution in [3.63, 3.8) is 0 Å². The van der Waals surface area contributed by atoms with E-state index in [1.807, 2.05) is 11.0 Å². The number of benzene rings is 1. The van der Waals surface area contributed by atoms with Gasteiger partial charge in [0.05, 0.1) is 6.54 Å². The Morgan fingerprint density at radius 2 is 1.79 bits per heavy atom. The zero-order valence-corrected chi connectivity index (χ0v) is 19.6. The molecule has 2 saturated heterocycles. The largest absolute Gasteiger partial charge is 0.357 e. The molecule has 2 aromatic rings. The van der Waals surface area contributed by atoms with Gasteiger partial charge in [0, 0.05) is 64.6 Å². The maximum atomic E-state index is 12.7. The second-order valence-electron chi connectivity index (χ2n) is 8.69. The molecule has 176 valence electrons. The summed E-state index contributed by atoms with van der Waals surface area (Å²) in [6.45, 7) is 8.39. The Morgan fingerprint density at radius 1 is 1.03 bits per heavy atom. The maximum Gasteiger partial charge on any atom is 0.225 e. The number of guanidine groups is 1. The van der Waals surface area contributed by atoms with Crippen LogP contribution in [0, 0.1) is 5.92 Å². The minimum atomic E-state index is 0.173. The molecular weight excluding hydrogens is 414 g/mol. The van der Waals surface area contributed by atoms with E-state index in [9.17, 15) is 4.79 Å². The molecule has 1 aromatic carbocycles. The van der Waals surface area contributed by atoms with Crippen LogP contribution in [0.15, 0.2) is 53.8 Å². The lowest BCUT2D eigenvalue weighted by atomic mass is 9.99. The average Bonchev–Trinajstić information content (AvgIpc) is 3.33. The molecule has 33 heavy (non-hydrogen) atoms. The molecule has 0 saturated carbocycles. The minimum absolute atomic E-state index is 0.173. The molecule has 0 aliphatic carbocycles. The topological polar surface area (TPSA) is 77.0 Å². The highest BCUT2D eigenvalue weighted by Gasteiger charge is 2.25. The Morgan fingerprint density at radius 3 is 2.52 bits per heavy atom. The third-order valence-electron chi connectivity index (χ3n) is 6.34. The number of rotatable bonds is 7. The summed E-state index contributed by atoms with van der Waals surface area (Å²) in [5, 5.41) is 3.42. The molecule has 0 bridgehead atoms. The van der Waals surface area contributed by atoms with E-state index in [0.29, 0.717) is 32.0 Å². The summed E-state index contributed by atoms with van der Waals surface area (Å²) in [4.78, 5) is 32.5. The highest BCUT2D eigenvalue weighted by molar-refractivity contribution is 5.81. The Hall–Kier alpha value is -3.16. The van der Waals surface area contributed by atoms with Crippen molar-refractivity contribution in [1.29, 1.82) is 0 Å². The van der Waals surface area contributed by atoms with Crippen LogP contribution in [0.3, 0.4) is 0 Å². The van der Waals surface area contributed by atoms with Gasteiger partial charge in [0.1, 0.15) is 0 Å². The highest BCUT2D eigenvalue weighted by atomic mass is 16.2. The van der Waals surface area contributed by atoms with Gasteiger partial charge in [-0.3, -0.25) is 9.79 Å². The predicted molar refractivity (Wildman–Crippen MR) is 131 cm³/mol. The fourth-order valence-corrected chi connectivity index (χ4v) is 4.59. The van der Waals surface area contributed by atoms with Crippen molar-refractivity contribution in [3.8, 4) is 0 Å². The molecule has 1 amide bonds. The molecule has 2 fully saturated rings. The van der Waals surface area contributed by atoms with Crippen molar-refractivity contribution in [1.82, 2.24) is 25.1 Å². The van der Waals surface area contributed by atoms with E-state index in [1.165, 1.54) is 12.0 Å². The monoisotopic (exact) mass is 449 g/mol.